The van der Waals surface area contributed by atoms with E-state index in [1.54, 1.807) is 11.8 Å². The van der Waals surface area contributed by atoms with E-state index in [-0.39, 0.29) is 0 Å². The molecule has 0 amide bonds. The van der Waals surface area contributed by atoms with Crippen molar-refractivity contribution < 1.29 is 5.11 Å². The molecule has 1 N–H and O–H groups in total. The van der Waals surface area contributed by atoms with Crippen molar-refractivity contribution >= 4 is 22.5 Å². The first kappa shape index (κ1) is 13.2. The van der Waals surface area contributed by atoms with Gasteiger partial charge in [0.15, 0.2) is 0 Å². The molecule has 3 aromatic rings. The molecule has 100 valence electrons. The number of aliphatic hydroxyl groups is 1. The highest BCUT2D eigenvalue weighted by Crippen LogP contribution is 2.33. The third-order valence-corrected chi connectivity index (χ3v) is 4.36. The van der Waals surface area contributed by atoms with Gasteiger partial charge in [-0.1, -0.05) is 60.7 Å². The smallest absolute Gasteiger partial charge is 0.106 e. The van der Waals surface area contributed by atoms with Gasteiger partial charge in [0.25, 0.3) is 0 Å². The molecular weight excluding hydrogens is 264 g/mol. The van der Waals surface area contributed by atoms with Crippen LogP contribution in [0.2, 0.25) is 0 Å². The first-order chi connectivity index (χ1) is 9.81. The van der Waals surface area contributed by atoms with E-state index in [9.17, 15) is 5.11 Å². The van der Waals surface area contributed by atoms with Gasteiger partial charge in [0.2, 0.25) is 0 Å². The van der Waals surface area contributed by atoms with Crippen LogP contribution in [-0.4, -0.2) is 11.4 Å². The van der Waals surface area contributed by atoms with E-state index in [0.29, 0.717) is 0 Å². The van der Waals surface area contributed by atoms with Crippen molar-refractivity contribution in [3.63, 3.8) is 0 Å². The Hall–Kier alpha value is -1.77. The third-order valence-electron chi connectivity index (χ3n) is 3.55. The zero-order valence-electron chi connectivity index (χ0n) is 11.3. The van der Waals surface area contributed by atoms with Crippen LogP contribution in [0.4, 0.5) is 0 Å². The molecule has 0 aliphatic rings. The van der Waals surface area contributed by atoms with E-state index in [1.165, 1.54) is 0 Å². The van der Waals surface area contributed by atoms with Crippen LogP contribution in [0.5, 0.6) is 0 Å². The lowest BCUT2D eigenvalue weighted by molar-refractivity contribution is 0.219. The van der Waals surface area contributed by atoms with Gasteiger partial charge in [0, 0.05) is 4.90 Å². The fourth-order valence-electron chi connectivity index (χ4n) is 2.55. The Morgan fingerprint density at radius 3 is 2.30 bits per heavy atom. The Morgan fingerprint density at radius 2 is 1.45 bits per heavy atom. The summed E-state index contributed by atoms with van der Waals surface area (Å²) >= 11 is 1.66. The quantitative estimate of drug-likeness (QED) is 0.705. The zero-order chi connectivity index (χ0) is 13.9. The largest absolute Gasteiger partial charge is 0.384 e. The minimum absolute atomic E-state index is 0.593. The monoisotopic (exact) mass is 280 g/mol. The van der Waals surface area contributed by atoms with Gasteiger partial charge < -0.3 is 5.11 Å². The van der Waals surface area contributed by atoms with Crippen molar-refractivity contribution in [2.45, 2.75) is 11.0 Å². The van der Waals surface area contributed by atoms with Crippen molar-refractivity contribution in [2.75, 3.05) is 6.26 Å². The molecule has 2 heteroatoms. The SMILES string of the molecule is CSc1ccccc1C(O)c1cccc2ccccc12. The Bertz CT molecular complexity index is 731. The highest BCUT2D eigenvalue weighted by molar-refractivity contribution is 7.98. The van der Waals surface area contributed by atoms with Gasteiger partial charge >= 0.3 is 0 Å². The highest BCUT2D eigenvalue weighted by atomic mass is 32.2. The standard InChI is InChI=1S/C18H16OS/c1-20-17-12-5-4-10-16(17)18(19)15-11-6-8-13-7-2-3-9-14(13)15/h2-12,18-19H,1H3. The average molecular weight is 280 g/mol. The molecule has 0 aromatic heterocycles. The summed E-state index contributed by atoms with van der Waals surface area (Å²) in [7, 11) is 0. The molecule has 0 heterocycles. The topological polar surface area (TPSA) is 20.2 Å². The summed E-state index contributed by atoms with van der Waals surface area (Å²) in [6.07, 6.45) is 1.44. The zero-order valence-corrected chi connectivity index (χ0v) is 12.1. The van der Waals surface area contributed by atoms with E-state index in [1.807, 2.05) is 54.8 Å². The first-order valence-corrected chi connectivity index (χ1v) is 7.82. The minimum atomic E-state index is -0.593. The van der Waals surface area contributed by atoms with Crippen molar-refractivity contribution in [2.24, 2.45) is 0 Å². The predicted octanol–water partition coefficient (Wildman–Crippen LogP) is 4.64. The lowest BCUT2D eigenvalue weighted by atomic mass is 9.96. The summed E-state index contributed by atoms with van der Waals surface area (Å²) in [4.78, 5) is 1.12. The van der Waals surface area contributed by atoms with E-state index in [0.717, 1.165) is 26.8 Å². The molecule has 0 aliphatic heterocycles. The predicted molar refractivity (Wildman–Crippen MR) is 86.2 cm³/mol. The van der Waals surface area contributed by atoms with Crippen LogP contribution in [0, 0.1) is 0 Å². The van der Waals surface area contributed by atoms with Crippen LogP contribution in [0.1, 0.15) is 17.2 Å². The Kier molecular flexibility index (Phi) is 3.77. The van der Waals surface area contributed by atoms with E-state index in [4.69, 9.17) is 0 Å². The number of benzene rings is 3. The summed E-state index contributed by atoms with van der Waals surface area (Å²) < 4.78 is 0. The maximum atomic E-state index is 10.8. The molecule has 0 spiro atoms. The number of thioether (sulfide) groups is 1. The molecule has 1 atom stereocenters. The molecule has 0 fully saturated rings. The number of hydrogen-bond donors (Lipinski definition) is 1. The number of hydrogen-bond acceptors (Lipinski definition) is 2. The second-order valence-corrected chi connectivity index (χ2v) is 5.56. The second kappa shape index (κ2) is 5.70. The van der Waals surface area contributed by atoms with Gasteiger partial charge in [0.1, 0.15) is 6.10 Å². The van der Waals surface area contributed by atoms with Crippen LogP contribution in [-0.2, 0) is 0 Å². The van der Waals surface area contributed by atoms with Gasteiger partial charge in [-0.25, -0.2) is 0 Å². The molecule has 0 saturated carbocycles. The summed E-state index contributed by atoms with van der Waals surface area (Å²) in [5.41, 5.74) is 1.93. The molecule has 0 bridgehead atoms. The molecule has 1 unspecified atom stereocenters. The lowest BCUT2D eigenvalue weighted by Crippen LogP contribution is -2.02. The van der Waals surface area contributed by atoms with Crippen molar-refractivity contribution in [3.05, 3.63) is 77.9 Å². The normalized spacial score (nSPS) is 12.5. The van der Waals surface area contributed by atoms with Crippen molar-refractivity contribution in [1.29, 1.82) is 0 Å². The van der Waals surface area contributed by atoms with E-state index >= 15 is 0 Å². The molecule has 3 rings (SSSR count). The average Bonchev–Trinajstić information content (AvgIpc) is 2.53. The Balaban J connectivity index is 2.15. The Labute approximate surface area is 123 Å². The number of fused-ring (bicyclic) bond motifs is 1. The summed E-state index contributed by atoms with van der Waals surface area (Å²) in [6.45, 7) is 0. The first-order valence-electron chi connectivity index (χ1n) is 6.60. The number of rotatable bonds is 3. The molecule has 0 radical (unpaired) electrons. The van der Waals surface area contributed by atoms with Gasteiger partial charge in [-0.3, -0.25) is 0 Å². The van der Waals surface area contributed by atoms with Gasteiger partial charge in [0.05, 0.1) is 0 Å². The van der Waals surface area contributed by atoms with Crippen LogP contribution in [0.3, 0.4) is 0 Å². The van der Waals surface area contributed by atoms with Crippen LogP contribution in [0.15, 0.2) is 71.6 Å². The molecule has 0 aliphatic carbocycles. The summed E-state index contributed by atoms with van der Waals surface area (Å²) in [5.74, 6) is 0. The molecule has 20 heavy (non-hydrogen) atoms. The van der Waals surface area contributed by atoms with Gasteiger partial charge in [-0.15, -0.1) is 11.8 Å². The molecule has 1 nitrogen and oxygen atoms in total. The maximum Gasteiger partial charge on any atom is 0.106 e. The van der Waals surface area contributed by atoms with E-state index in [2.05, 4.69) is 18.2 Å². The molecule has 0 saturated heterocycles. The third kappa shape index (κ3) is 2.33. The minimum Gasteiger partial charge on any atom is -0.384 e. The maximum absolute atomic E-state index is 10.8. The van der Waals surface area contributed by atoms with Crippen LogP contribution < -0.4 is 0 Å². The fraction of sp³-hybridized carbons (Fsp3) is 0.111. The van der Waals surface area contributed by atoms with Crippen molar-refractivity contribution in [3.8, 4) is 0 Å². The van der Waals surface area contributed by atoms with Gasteiger partial charge in [-0.2, -0.15) is 0 Å². The molecular formula is C18H16OS. The van der Waals surface area contributed by atoms with Crippen LogP contribution in [0.25, 0.3) is 10.8 Å². The lowest BCUT2D eigenvalue weighted by Gasteiger charge is -2.16. The summed E-state index contributed by atoms with van der Waals surface area (Å²) in [6, 6.07) is 22.3. The van der Waals surface area contributed by atoms with Crippen LogP contribution >= 0.6 is 11.8 Å². The highest BCUT2D eigenvalue weighted by Gasteiger charge is 2.16. The second-order valence-electron chi connectivity index (χ2n) is 4.71. The fourth-order valence-corrected chi connectivity index (χ4v) is 3.18. The van der Waals surface area contributed by atoms with Gasteiger partial charge in [-0.05, 0) is 34.2 Å². The Morgan fingerprint density at radius 1 is 0.800 bits per heavy atom. The van der Waals surface area contributed by atoms with E-state index < -0.39 is 6.10 Å². The molecule has 3 aromatic carbocycles. The van der Waals surface area contributed by atoms with Crippen molar-refractivity contribution in [1.82, 2.24) is 0 Å². The summed E-state index contributed by atoms with van der Waals surface area (Å²) in [5, 5.41) is 13.1. The number of aliphatic hydroxyl groups excluding tert-OH is 1.